The van der Waals surface area contributed by atoms with Gasteiger partial charge in [0.05, 0.1) is 0 Å². The molecule has 2 amide bonds. The van der Waals surface area contributed by atoms with E-state index in [4.69, 9.17) is 0 Å². The third kappa shape index (κ3) is 3.94. The molecule has 5 aliphatic rings. The molecule has 1 saturated heterocycles. The molecule has 1 aromatic rings. The van der Waals surface area contributed by atoms with Gasteiger partial charge in [0.1, 0.15) is 6.04 Å². The number of nitrogens with one attached hydrogen (secondary N) is 3. The van der Waals surface area contributed by atoms with Crippen molar-refractivity contribution in [2.75, 3.05) is 19.6 Å². The van der Waals surface area contributed by atoms with Gasteiger partial charge in [0.25, 0.3) is 0 Å². The van der Waals surface area contributed by atoms with Crippen LogP contribution in [0.3, 0.4) is 0 Å². The highest BCUT2D eigenvalue weighted by atomic mass is 16.2. The first kappa shape index (κ1) is 19.1. The van der Waals surface area contributed by atoms with E-state index in [0.717, 1.165) is 55.7 Å². The number of hydrogen-bond donors (Lipinski definition) is 3. The average molecular weight is 396 g/mol. The summed E-state index contributed by atoms with van der Waals surface area (Å²) in [6.45, 7) is 2.61. The van der Waals surface area contributed by atoms with Gasteiger partial charge in [-0.2, -0.15) is 0 Å². The summed E-state index contributed by atoms with van der Waals surface area (Å²) in [6.07, 6.45) is 7.57. The van der Waals surface area contributed by atoms with Crippen LogP contribution in [0, 0.1) is 29.1 Å². The summed E-state index contributed by atoms with van der Waals surface area (Å²) in [5, 5.41) is 9.55. The number of amides is 2. The molecule has 1 atom stereocenters. The molecule has 4 bridgehead atoms. The Balaban J connectivity index is 1.29. The standard InChI is InChI=1S/C24H33N3O2/c28-22(26-15-20-13-25-14-20)21(9-16-4-2-1-3-5-16)27-23(29)24-10-17-6-18(11-24)8-19(7-17)12-24/h1-5,17-21,25H,6-15H2,(H,26,28)(H,27,29). The predicted octanol–water partition coefficient (Wildman–Crippen LogP) is 2.27. The van der Waals surface area contributed by atoms with Crippen molar-refractivity contribution in [1.29, 1.82) is 0 Å². The molecule has 6 rings (SSSR count). The quantitative estimate of drug-likeness (QED) is 0.663. The Kier molecular flexibility index (Phi) is 5.10. The topological polar surface area (TPSA) is 70.2 Å². The van der Waals surface area contributed by atoms with Crippen molar-refractivity contribution in [3.8, 4) is 0 Å². The summed E-state index contributed by atoms with van der Waals surface area (Å²) >= 11 is 0. The Morgan fingerprint density at radius 3 is 2.17 bits per heavy atom. The number of hydrogen-bond acceptors (Lipinski definition) is 3. The summed E-state index contributed by atoms with van der Waals surface area (Å²) in [5.41, 5.74) is 0.866. The predicted molar refractivity (Wildman–Crippen MR) is 112 cm³/mol. The van der Waals surface area contributed by atoms with Crippen LogP contribution in [0.5, 0.6) is 0 Å². The fraction of sp³-hybridized carbons (Fsp3) is 0.667. The van der Waals surface area contributed by atoms with Crippen molar-refractivity contribution in [2.24, 2.45) is 29.1 Å². The minimum atomic E-state index is -0.494. The van der Waals surface area contributed by atoms with Crippen LogP contribution in [0.1, 0.15) is 44.1 Å². The van der Waals surface area contributed by atoms with Crippen LogP contribution in [-0.4, -0.2) is 37.5 Å². The minimum absolute atomic E-state index is 0.0427. The van der Waals surface area contributed by atoms with Crippen LogP contribution >= 0.6 is 0 Å². The van der Waals surface area contributed by atoms with Gasteiger partial charge in [-0.1, -0.05) is 30.3 Å². The number of carbonyl (C=O) groups is 2. The lowest BCUT2D eigenvalue weighted by atomic mass is 9.49. The van der Waals surface area contributed by atoms with Crippen LogP contribution in [-0.2, 0) is 16.0 Å². The molecule has 4 aliphatic carbocycles. The summed E-state index contributed by atoms with van der Waals surface area (Å²) in [4.78, 5) is 26.5. The molecule has 0 spiro atoms. The highest BCUT2D eigenvalue weighted by Gasteiger charge is 2.54. The Labute approximate surface area is 173 Å². The zero-order chi connectivity index (χ0) is 19.8. The van der Waals surface area contributed by atoms with Crippen LogP contribution in [0.15, 0.2) is 30.3 Å². The highest BCUT2D eigenvalue weighted by molar-refractivity contribution is 5.90. The molecule has 4 saturated carbocycles. The first-order chi connectivity index (χ1) is 14.1. The van der Waals surface area contributed by atoms with Gasteiger partial charge < -0.3 is 16.0 Å². The molecule has 156 valence electrons. The van der Waals surface area contributed by atoms with E-state index in [1.54, 1.807) is 0 Å². The van der Waals surface area contributed by atoms with Crippen LogP contribution in [0.4, 0.5) is 0 Å². The Hall–Kier alpha value is -1.88. The van der Waals surface area contributed by atoms with E-state index in [2.05, 4.69) is 16.0 Å². The van der Waals surface area contributed by atoms with Gasteiger partial charge in [-0.25, -0.2) is 0 Å². The van der Waals surface area contributed by atoms with E-state index < -0.39 is 6.04 Å². The molecule has 5 nitrogen and oxygen atoms in total. The molecule has 0 aromatic heterocycles. The van der Waals surface area contributed by atoms with Crippen molar-refractivity contribution in [3.05, 3.63) is 35.9 Å². The first-order valence-electron chi connectivity index (χ1n) is 11.4. The second kappa shape index (κ2) is 7.75. The second-order valence-corrected chi connectivity index (χ2v) is 10.2. The zero-order valence-electron chi connectivity index (χ0n) is 17.2. The van der Waals surface area contributed by atoms with E-state index in [0.29, 0.717) is 18.9 Å². The number of rotatable bonds is 7. The van der Waals surface area contributed by atoms with Gasteiger partial charge in [-0.3, -0.25) is 9.59 Å². The molecular formula is C24H33N3O2. The van der Waals surface area contributed by atoms with Gasteiger partial charge >= 0.3 is 0 Å². The SMILES string of the molecule is O=C(NCC1CNC1)C(Cc1ccccc1)NC(=O)C12CC3CC(CC(C3)C1)C2. The lowest BCUT2D eigenvalue weighted by Gasteiger charge is -2.55. The average Bonchev–Trinajstić information content (AvgIpc) is 2.66. The van der Waals surface area contributed by atoms with E-state index in [9.17, 15) is 9.59 Å². The van der Waals surface area contributed by atoms with Crippen molar-refractivity contribution in [3.63, 3.8) is 0 Å². The van der Waals surface area contributed by atoms with Crippen LogP contribution in [0.2, 0.25) is 0 Å². The molecule has 1 aromatic carbocycles. The van der Waals surface area contributed by atoms with Crippen LogP contribution < -0.4 is 16.0 Å². The fourth-order valence-corrected chi connectivity index (χ4v) is 6.62. The van der Waals surface area contributed by atoms with Gasteiger partial charge in [-0.15, -0.1) is 0 Å². The lowest BCUT2D eigenvalue weighted by Crippen LogP contribution is -2.58. The fourth-order valence-electron chi connectivity index (χ4n) is 6.62. The Morgan fingerprint density at radius 2 is 1.62 bits per heavy atom. The third-order valence-electron chi connectivity index (χ3n) is 7.86. The molecule has 5 fully saturated rings. The number of carbonyl (C=O) groups excluding carboxylic acids is 2. The molecule has 5 heteroatoms. The molecule has 3 N–H and O–H groups in total. The second-order valence-electron chi connectivity index (χ2n) is 10.2. The summed E-state index contributed by atoms with van der Waals surface area (Å²) in [7, 11) is 0. The Morgan fingerprint density at radius 1 is 1.00 bits per heavy atom. The summed E-state index contributed by atoms with van der Waals surface area (Å²) < 4.78 is 0. The van der Waals surface area contributed by atoms with E-state index in [-0.39, 0.29) is 17.2 Å². The first-order valence-corrected chi connectivity index (χ1v) is 11.4. The normalized spacial score (nSPS) is 33.7. The maximum absolute atomic E-state index is 13.5. The highest BCUT2D eigenvalue weighted by Crippen LogP contribution is 2.60. The molecule has 1 unspecified atom stereocenters. The molecule has 0 radical (unpaired) electrons. The smallest absolute Gasteiger partial charge is 0.242 e. The molecular weight excluding hydrogens is 362 g/mol. The Bertz CT molecular complexity index is 723. The van der Waals surface area contributed by atoms with Crippen molar-refractivity contribution >= 4 is 11.8 Å². The largest absolute Gasteiger partial charge is 0.354 e. The minimum Gasteiger partial charge on any atom is -0.354 e. The van der Waals surface area contributed by atoms with Gasteiger partial charge in [0, 0.05) is 37.4 Å². The van der Waals surface area contributed by atoms with E-state index in [1.165, 1.54) is 19.3 Å². The van der Waals surface area contributed by atoms with Crippen molar-refractivity contribution in [1.82, 2.24) is 16.0 Å². The maximum Gasteiger partial charge on any atom is 0.242 e. The molecule has 1 heterocycles. The molecule has 1 aliphatic heterocycles. The van der Waals surface area contributed by atoms with E-state index in [1.807, 2.05) is 30.3 Å². The van der Waals surface area contributed by atoms with Crippen LogP contribution in [0.25, 0.3) is 0 Å². The zero-order valence-corrected chi connectivity index (χ0v) is 17.2. The van der Waals surface area contributed by atoms with Crippen molar-refractivity contribution in [2.45, 2.75) is 51.0 Å². The summed E-state index contributed by atoms with van der Waals surface area (Å²) in [6, 6.07) is 9.54. The lowest BCUT2D eigenvalue weighted by molar-refractivity contribution is -0.148. The van der Waals surface area contributed by atoms with E-state index >= 15 is 0 Å². The van der Waals surface area contributed by atoms with Crippen molar-refractivity contribution < 1.29 is 9.59 Å². The third-order valence-corrected chi connectivity index (χ3v) is 7.86. The van der Waals surface area contributed by atoms with Gasteiger partial charge in [-0.05, 0) is 61.8 Å². The molecule has 29 heavy (non-hydrogen) atoms. The van der Waals surface area contributed by atoms with Gasteiger partial charge in [0.2, 0.25) is 11.8 Å². The monoisotopic (exact) mass is 395 g/mol. The maximum atomic E-state index is 13.5. The summed E-state index contributed by atoms with van der Waals surface area (Å²) in [5.74, 6) is 2.77. The van der Waals surface area contributed by atoms with Gasteiger partial charge in [0.15, 0.2) is 0 Å². The number of benzene rings is 1.